The van der Waals surface area contributed by atoms with Gasteiger partial charge < -0.3 is 14.6 Å². The lowest BCUT2D eigenvalue weighted by atomic mass is 10.1. The molecule has 2 amide bonds. The fourth-order valence-electron chi connectivity index (χ4n) is 2.72. The summed E-state index contributed by atoms with van der Waals surface area (Å²) in [5.74, 6) is 0.240. The van der Waals surface area contributed by atoms with Gasteiger partial charge in [0.15, 0.2) is 5.76 Å². The highest BCUT2D eigenvalue weighted by Gasteiger charge is 2.17. The van der Waals surface area contributed by atoms with E-state index in [1.807, 2.05) is 24.3 Å². The Morgan fingerprint density at radius 3 is 2.33 bits per heavy atom. The molecule has 0 saturated heterocycles. The molecule has 5 heteroatoms. The molecule has 138 valence electrons. The van der Waals surface area contributed by atoms with Crippen LogP contribution in [-0.2, 0) is 6.42 Å². The van der Waals surface area contributed by atoms with Crippen LogP contribution in [0.15, 0.2) is 65.1 Å². The standard InChI is InChI=1S/C22H22N2O3/c1-4-15-9-11-16(12-10-15)19-13-14-20(27-19)21(25)23-18-8-6-5-7-17(18)22(26)24(2)3/h5-14H,4H2,1-3H3,(H,23,25). The van der Waals surface area contributed by atoms with E-state index in [4.69, 9.17) is 4.42 Å². The zero-order chi connectivity index (χ0) is 19.4. The number of nitrogens with zero attached hydrogens (tertiary/aromatic N) is 1. The third kappa shape index (κ3) is 4.08. The second-order valence-corrected chi connectivity index (χ2v) is 6.41. The van der Waals surface area contributed by atoms with Crippen LogP contribution in [0, 0.1) is 0 Å². The van der Waals surface area contributed by atoms with Crippen LogP contribution in [-0.4, -0.2) is 30.8 Å². The molecule has 3 aromatic rings. The average molecular weight is 362 g/mol. The van der Waals surface area contributed by atoms with Crippen molar-refractivity contribution in [2.75, 3.05) is 19.4 Å². The van der Waals surface area contributed by atoms with Crippen LogP contribution in [0.25, 0.3) is 11.3 Å². The summed E-state index contributed by atoms with van der Waals surface area (Å²) in [4.78, 5) is 26.3. The summed E-state index contributed by atoms with van der Waals surface area (Å²) in [5.41, 5.74) is 3.03. The van der Waals surface area contributed by atoms with Gasteiger partial charge in [-0.3, -0.25) is 9.59 Å². The average Bonchev–Trinajstić information content (AvgIpc) is 3.18. The Kier molecular flexibility index (Phi) is 5.41. The Morgan fingerprint density at radius 2 is 1.67 bits per heavy atom. The number of anilines is 1. The molecule has 3 rings (SSSR count). The molecular weight excluding hydrogens is 340 g/mol. The minimum Gasteiger partial charge on any atom is -0.451 e. The molecule has 0 saturated carbocycles. The molecule has 0 bridgehead atoms. The molecule has 27 heavy (non-hydrogen) atoms. The van der Waals surface area contributed by atoms with Gasteiger partial charge in [0.25, 0.3) is 11.8 Å². The first-order valence-electron chi connectivity index (χ1n) is 8.80. The highest BCUT2D eigenvalue weighted by molar-refractivity contribution is 6.07. The largest absolute Gasteiger partial charge is 0.451 e. The van der Waals surface area contributed by atoms with Gasteiger partial charge in [0.05, 0.1) is 11.3 Å². The zero-order valence-electron chi connectivity index (χ0n) is 15.7. The molecule has 5 nitrogen and oxygen atoms in total. The van der Waals surface area contributed by atoms with E-state index in [0.29, 0.717) is 17.0 Å². The third-order valence-electron chi connectivity index (χ3n) is 4.29. The van der Waals surface area contributed by atoms with E-state index in [-0.39, 0.29) is 11.7 Å². The molecule has 0 spiro atoms. The first kappa shape index (κ1) is 18.5. The molecule has 0 fully saturated rings. The van der Waals surface area contributed by atoms with E-state index in [9.17, 15) is 9.59 Å². The number of amides is 2. The van der Waals surface area contributed by atoms with E-state index in [2.05, 4.69) is 12.2 Å². The van der Waals surface area contributed by atoms with Gasteiger partial charge >= 0.3 is 0 Å². The third-order valence-corrected chi connectivity index (χ3v) is 4.29. The molecule has 1 N–H and O–H groups in total. The predicted molar refractivity (Wildman–Crippen MR) is 106 cm³/mol. The molecule has 0 aliphatic rings. The van der Waals surface area contributed by atoms with Crippen LogP contribution in [0.3, 0.4) is 0 Å². The van der Waals surface area contributed by atoms with Gasteiger partial charge in [0.1, 0.15) is 5.76 Å². The van der Waals surface area contributed by atoms with Crippen LogP contribution in [0.2, 0.25) is 0 Å². The first-order valence-corrected chi connectivity index (χ1v) is 8.80. The van der Waals surface area contributed by atoms with Crippen molar-refractivity contribution in [2.45, 2.75) is 13.3 Å². The van der Waals surface area contributed by atoms with Crippen molar-refractivity contribution in [1.29, 1.82) is 0 Å². The monoisotopic (exact) mass is 362 g/mol. The lowest BCUT2D eigenvalue weighted by Crippen LogP contribution is -2.24. The molecule has 0 aliphatic heterocycles. The van der Waals surface area contributed by atoms with Crippen molar-refractivity contribution in [2.24, 2.45) is 0 Å². The Bertz CT molecular complexity index is 956. The zero-order valence-corrected chi connectivity index (χ0v) is 15.7. The Labute approximate surface area is 158 Å². The van der Waals surface area contributed by atoms with E-state index < -0.39 is 5.91 Å². The van der Waals surface area contributed by atoms with Crippen LogP contribution in [0.5, 0.6) is 0 Å². The van der Waals surface area contributed by atoms with Crippen molar-refractivity contribution < 1.29 is 14.0 Å². The maximum atomic E-state index is 12.6. The summed E-state index contributed by atoms with van der Waals surface area (Å²) in [5, 5.41) is 2.77. The summed E-state index contributed by atoms with van der Waals surface area (Å²) >= 11 is 0. The highest BCUT2D eigenvalue weighted by atomic mass is 16.3. The summed E-state index contributed by atoms with van der Waals surface area (Å²) in [6.07, 6.45) is 0.969. The second kappa shape index (κ2) is 7.91. The minimum absolute atomic E-state index is 0.179. The predicted octanol–water partition coefficient (Wildman–Crippen LogP) is 4.46. The summed E-state index contributed by atoms with van der Waals surface area (Å²) < 4.78 is 5.72. The van der Waals surface area contributed by atoms with Crippen LogP contribution < -0.4 is 5.32 Å². The van der Waals surface area contributed by atoms with E-state index in [0.717, 1.165) is 12.0 Å². The van der Waals surface area contributed by atoms with E-state index >= 15 is 0 Å². The maximum Gasteiger partial charge on any atom is 0.291 e. The van der Waals surface area contributed by atoms with Crippen LogP contribution in [0.1, 0.15) is 33.4 Å². The number of carbonyl (C=O) groups is 2. The molecular formula is C22H22N2O3. The number of hydrogen-bond acceptors (Lipinski definition) is 3. The lowest BCUT2D eigenvalue weighted by molar-refractivity contribution is 0.0828. The fourth-order valence-corrected chi connectivity index (χ4v) is 2.72. The summed E-state index contributed by atoms with van der Waals surface area (Å²) in [6, 6.07) is 18.3. The molecule has 0 atom stereocenters. The van der Waals surface area contributed by atoms with Crippen molar-refractivity contribution in [3.8, 4) is 11.3 Å². The van der Waals surface area contributed by atoms with Crippen LogP contribution in [0.4, 0.5) is 5.69 Å². The minimum atomic E-state index is -0.398. The molecule has 0 unspecified atom stereocenters. The Hall–Kier alpha value is -3.34. The molecule has 1 heterocycles. The fraction of sp³-hybridized carbons (Fsp3) is 0.182. The summed E-state index contributed by atoms with van der Waals surface area (Å²) in [7, 11) is 3.34. The number of furan rings is 1. The number of para-hydroxylation sites is 1. The van der Waals surface area contributed by atoms with Crippen LogP contribution >= 0.6 is 0 Å². The lowest BCUT2D eigenvalue weighted by Gasteiger charge is -2.14. The summed E-state index contributed by atoms with van der Waals surface area (Å²) in [6.45, 7) is 2.10. The number of benzene rings is 2. The number of rotatable bonds is 5. The molecule has 2 aromatic carbocycles. The molecule has 1 aromatic heterocycles. The normalized spacial score (nSPS) is 10.5. The smallest absolute Gasteiger partial charge is 0.291 e. The van der Waals surface area contributed by atoms with Gasteiger partial charge in [-0.1, -0.05) is 43.3 Å². The van der Waals surface area contributed by atoms with Gasteiger partial charge in [-0.05, 0) is 36.2 Å². The number of nitrogens with one attached hydrogen (secondary N) is 1. The van der Waals surface area contributed by atoms with E-state index in [1.54, 1.807) is 50.5 Å². The first-order chi connectivity index (χ1) is 13.0. The Morgan fingerprint density at radius 1 is 0.963 bits per heavy atom. The molecule has 0 aliphatic carbocycles. The molecule has 0 radical (unpaired) electrons. The Balaban J connectivity index is 1.80. The van der Waals surface area contributed by atoms with Crippen molar-refractivity contribution in [3.63, 3.8) is 0 Å². The number of aryl methyl sites for hydroxylation is 1. The number of hydrogen-bond donors (Lipinski definition) is 1. The van der Waals surface area contributed by atoms with Gasteiger partial charge in [0, 0.05) is 19.7 Å². The van der Waals surface area contributed by atoms with Crippen molar-refractivity contribution >= 4 is 17.5 Å². The van der Waals surface area contributed by atoms with E-state index in [1.165, 1.54) is 10.5 Å². The van der Waals surface area contributed by atoms with Crippen molar-refractivity contribution in [1.82, 2.24) is 4.90 Å². The van der Waals surface area contributed by atoms with Gasteiger partial charge in [-0.2, -0.15) is 0 Å². The van der Waals surface area contributed by atoms with Gasteiger partial charge in [-0.25, -0.2) is 0 Å². The van der Waals surface area contributed by atoms with Crippen molar-refractivity contribution in [3.05, 3.63) is 77.6 Å². The van der Waals surface area contributed by atoms with Gasteiger partial charge in [0.2, 0.25) is 0 Å². The van der Waals surface area contributed by atoms with Gasteiger partial charge in [-0.15, -0.1) is 0 Å². The number of carbonyl (C=O) groups excluding carboxylic acids is 2. The SMILES string of the molecule is CCc1ccc(-c2ccc(C(=O)Nc3ccccc3C(=O)N(C)C)o2)cc1. The maximum absolute atomic E-state index is 12.6. The quantitative estimate of drug-likeness (QED) is 0.729. The highest BCUT2D eigenvalue weighted by Crippen LogP contribution is 2.24. The second-order valence-electron chi connectivity index (χ2n) is 6.41. The topological polar surface area (TPSA) is 62.6 Å².